The Labute approximate surface area is 115 Å². The van der Waals surface area contributed by atoms with E-state index >= 15 is 0 Å². The molecule has 0 radical (unpaired) electrons. The summed E-state index contributed by atoms with van der Waals surface area (Å²) in [5.41, 5.74) is 2.56. The molecule has 0 heterocycles. The second-order valence-corrected chi connectivity index (χ2v) is 5.80. The zero-order chi connectivity index (χ0) is 13.8. The molecule has 1 aromatic rings. The van der Waals surface area contributed by atoms with E-state index in [1.807, 2.05) is 0 Å². The van der Waals surface area contributed by atoms with Gasteiger partial charge in [0.1, 0.15) is 0 Å². The van der Waals surface area contributed by atoms with Gasteiger partial charge in [0.05, 0.1) is 6.54 Å². The summed E-state index contributed by atoms with van der Waals surface area (Å²) in [7, 11) is 0. The third-order valence-electron chi connectivity index (χ3n) is 3.62. The maximum Gasteiger partial charge on any atom is 0.234 e. The van der Waals surface area contributed by atoms with Gasteiger partial charge in [0.25, 0.3) is 0 Å². The van der Waals surface area contributed by atoms with Gasteiger partial charge in [-0.1, -0.05) is 38.1 Å². The fourth-order valence-electron chi connectivity index (χ4n) is 2.35. The molecule has 0 bridgehead atoms. The van der Waals surface area contributed by atoms with Crippen molar-refractivity contribution in [1.82, 2.24) is 10.6 Å². The minimum atomic E-state index is 0.113. The van der Waals surface area contributed by atoms with E-state index in [1.165, 1.54) is 11.1 Å². The molecule has 3 nitrogen and oxygen atoms in total. The summed E-state index contributed by atoms with van der Waals surface area (Å²) in [6, 6.07) is 9.04. The van der Waals surface area contributed by atoms with E-state index < -0.39 is 0 Å². The molecule has 2 rings (SSSR count). The van der Waals surface area contributed by atoms with Crippen molar-refractivity contribution < 1.29 is 4.79 Å². The van der Waals surface area contributed by atoms with Crippen LogP contribution in [0.1, 0.15) is 43.9 Å². The fourth-order valence-corrected chi connectivity index (χ4v) is 2.35. The summed E-state index contributed by atoms with van der Waals surface area (Å²) < 4.78 is 0. The van der Waals surface area contributed by atoms with Crippen LogP contribution in [0.2, 0.25) is 0 Å². The van der Waals surface area contributed by atoms with Crippen molar-refractivity contribution in [1.29, 1.82) is 0 Å². The normalized spacial score (nSPS) is 16.4. The van der Waals surface area contributed by atoms with E-state index in [-0.39, 0.29) is 11.9 Å². The van der Waals surface area contributed by atoms with Crippen LogP contribution >= 0.6 is 0 Å². The largest absolute Gasteiger partial charge is 0.352 e. The molecule has 1 aliphatic carbocycles. The number of hydrogen-bond donors (Lipinski definition) is 2. The third kappa shape index (κ3) is 4.06. The van der Waals surface area contributed by atoms with E-state index in [4.69, 9.17) is 0 Å². The van der Waals surface area contributed by atoms with Crippen LogP contribution in [0, 0.1) is 12.8 Å². The van der Waals surface area contributed by atoms with Crippen LogP contribution in [0.4, 0.5) is 0 Å². The summed E-state index contributed by atoms with van der Waals surface area (Å²) >= 11 is 0. The summed E-state index contributed by atoms with van der Waals surface area (Å²) in [6.07, 6.45) is 2.27. The zero-order valence-corrected chi connectivity index (χ0v) is 12.1. The number of carbonyl (C=O) groups is 1. The predicted octanol–water partition coefficient (Wildman–Crippen LogP) is 2.56. The highest BCUT2D eigenvalue weighted by Gasteiger charge is 2.24. The average molecular weight is 260 g/mol. The zero-order valence-electron chi connectivity index (χ0n) is 12.1. The first-order chi connectivity index (χ1) is 9.08. The van der Waals surface area contributed by atoms with Crippen molar-refractivity contribution >= 4 is 5.91 Å². The molecule has 0 aromatic heterocycles. The molecule has 1 aliphatic rings. The van der Waals surface area contributed by atoms with Gasteiger partial charge in [-0.15, -0.1) is 0 Å². The van der Waals surface area contributed by atoms with Gasteiger partial charge < -0.3 is 10.6 Å². The average Bonchev–Trinajstić information content (AvgIpc) is 3.15. The number of rotatable bonds is 6. The first kappa shape index (κ1) is 14.1. The molecule has 1 aromatic carbocycles. The molecule has 0 spiro atoms. The number of hydrogen-bond acceptors (Lipinski definition) is 2. The van der Waals surface area contributed by atoms with Crippen LogP contribution in [0.5, 0.6) is 0 Å². The standard InChI is InChI=1S/C16H24N2O/c1-11(2)16(14-7-5-4-6-12(14)3)17-10-15(19)18-13-8-9-13/h4-7,11,13,16-17H,8-10H2,1-3H3,(H,18,19)/t16-/m0/s1. The van der Waals surface area contributed by atoms with Gasteiger partial charge in [-0.2, -0.15) is 0 Å². The van der Waals surface area contributed by atoms with Gasteiger partial charge in [0, 0.05) is 12.1 Å². The number of aryl methyl sites for hydroxylation is 1. The quantitative estimate of drug-likeness (QED) is 0.825. The molecule has 0 saturated heterocycles. The number of benzene rings is 1. The van der Waals surface area contributed by atoms with E-state index in [1.54, 1.807) is 0 Å². The Hall–Kier alpha value is -1.35. The maximum absolute atomic E-state index is 11.8. The highest BCUT2D eigenvalue weighted by Crippen LogP contribution is 2.24. The Bertz CT molecular complexity index is 438. The Kier molecular flexibility index (Phi) is 4.59. The Morgan fingerprint density at radius 3 is 2.58 bits per heavy atom. The van der Waals surface area contributed by atoms with Crippen molar-refractivity contribution in [3.8, 4) is 0 Å². The molecule has 1 fully saturated rings. The van der Waals surface area contributed by atoms with E-state index in [9.17, 15) is 4.79 Å². The van der Waals surface area contributed by atoms with Crippen molar-refractivity contribution in [2.45, 2.75) is 45.7 Å². The first-order valence-electron chi connectivity index (χ1n) is 7.16. The summed E-state index contributed by atoms with van der Waals surface area (Å²) in [4.78, 5) is 11.8. The Morgan fingerprint density at radius 1 is 1.32 bits per heavy atom. The molecule has 0 unspecified atom stereocenters. The summed E-state index contributed by atoms with van der Waals surface area (Å²) in [5.74, 6) is 0.566. The van der Waals surface area contributed by atoms with Crippen LogP contribution in [0.15, 0.2) is 24.3 Å². The van der Waals surface area contributed by atoms with E-state index in [0.717, 1.165) is 12.8 Å². The van der Waals surface area contributed by atoms with Crippen LogP contribution in [-0.4, -0.2) is 18.5 Å². The lowest BCUT2D eigenvalue weighted by Gasteiger charge is -2.24. The topological polar surface area (TPSA) is 41.1 Å². The monoisotopic (exact) mass is 260 g/mol. The minimum Gasteiger partial charge on any atom is -0.352 e. The number of amides is 1. The fraction of sp³-hybridized carbons (Fsp3) is 0.562. The van der Waals surface area contributed by atoms with Crippen LogP contribution in [0.25, 0.3) is 0 Å². The van der Waals surface area contributed by atoms with E-state index in [2.05, 4.69) is 55.7 Å². The molecule has 0 aliphatic heterocycles. The van der Waals surface area contributed by atoms with Gasteiger partial charge in [-0.05, 0) is 36.8 Å². The van der Waals surface area contributed by atoms with Crippen molar-refractivity contribution in [3.63, 3.8) is 0 Å². The lowest BCUT2D eigenvalue weighted by atomic mass is 9.92. The molecular formula is C16H24N2O. The molecule has 1 amide bonds. The van der Waals surface area contributed by atoms with Gasteiger partial charge in [0.15, 0.2) is 0 Å². The molecule has 1 atom stereocenters. The Morgan fingerprint density at radius 2 is 2.00 bits per heavy atom. The van der Waals surface area contributed by atoms with Gasteiger partial charge in [0.2, 0.25) is 5.91 Å². The predicted molar refractivity (Wildman–Crippen MR) is 77.9 cm³/mol. The number of nitrogens with one attached hydrogen (secondary N) is 2. The molecular weight excluding hydrogens is 236 g/mol. The van der Waals surface area contributed by atoms with E-state index in [0.29, 0.717) is 18.5 Å². The van der Waals surface area contributed by atoms with Gasteiger partial charge >= 0.3 is 0 Å². The highest BCUT2D eigenvalue weighted by atomic mass is 16.2. The second-order valence-electron chi connectivity index (χ2n) is 5.80. The molecule has 1 saturated carbocycles. The minimum absolute atomic E-state index is 0.113. The van der Waals surface area contributed by atoms with Crippen molar-refractivity contribution in [2.24, 2.45) is 5.92 Å². The SMILES string of the molecule is Cc1ccccc1[C@@H](NCC(=O)NC1CC1)C(C)C. The van der Waals surface area contributed by atoms with Crippen molar-refractivity contribution in [3.05, 3.63) is 35.4 Å². The molecule has 3 heteroatoms. The Balaban J connectivity index is 1.96. The van der Waals surface area contributed by atoms with Crippen LogP contribution < -0.4 is 10.6 Å². The maximum atomic E-state index is 11.8. The second kappa shape index (κ2) is 6.20. The van der Waals surface area contributed by atoms with Gasteiger partial charge in [-0.25, -0.2) is 0 Å². The van der Waals surface area contributed by atoms with Crippen molar-refractivity contribution in [2.75, 3.05) is 6.54 Å². The third-order valence-corrected chi connectivity index (χ3v) is 3.62. The molecule has 2 N–H and O–H groups in total. The van der Waals surface area contributed by atoms with Gasteiger partial charge in [-0.3, -0.25) is 4.79 Å². The highest BCUT2D eigenvalue weighted by molar-refractivity contribution is 5.78. The smallest absolute Gasteiger partial charge is 0.234 e. The number of carbonyl (C=O) groups excluding carboxylic acids is 1. The lowest BCUT2D eigenvalue weighted by Crippen LogP contribution is -2.38. The molecule has 104 valence electrons. The lowest BCUT2D eigenvalue weighted by molar-refractivity contribution is -0.120. The summed E-state index contributed by atoms with van der Waals surface area (Å²) in [6.45, 7) is 6.89. The molecule has 19 heavy (non-hydrogen) atoms. The van der Waals surface area contributed by atoms with Crippen LogP contribution in [0.3, 0.4) is 0 Å². The van der Waals surface area contributed by atoms with Crippen LogP contribution in [-0.2, 0) is 4.79 Å². The first-order valence-corrected chi connectivity index (χ1v) is 7.16. The summed E-state index contributed by atoms with van der Waals surface area (Å²) in [5, 5.41) is 6.41.